The predicted octanol–water partition coefficient (Wildman–Crippen LogP) is 2.23. The summed E-state index contributed by atoms with van der Waals surface area (Å²) in [6.07, 6.45) is 0.344. The van der Waals surface area contributed by atoms with E-state index in [2.05, 4.69) is 0 Å². The Labute approximate surface area is 96.1 Å². The molecular weight excluding hydrogens is 210 g/mol. The summed E-state index contributed by atoms with van der Waals surface area (Å²) in [5.41, 5.74) is 6.58. The van der Waals surface area contributed by atoms with Gasteiger partial charge in [0.2, 0.25) is 0 Å². The molecule has 0 radical (unpaired) electrons. The monoisotopic (exact) mass is 227 g/mol. The summed E-state index contributed by atoms with van der Waals surface area (Å²) >= 11 is 5.81. The number of rotatable bonds is 4. The van der Waals surface area contributed by atoms with Gasteiger partial charge in [0.1, 0.15) is 0 Å². The molecule has 2 nitrogen and oxygen atoms in total. The molecule has 0 aromatic heterocycles. The molecular formula is C12H18ClNO. The standard InChI is InChI=1S/C12H18ClNO/c1-9(15)12(2,8-14)7-10-3-5-11(13)6-4-10/h3-6,9,15H,7-8,14H2,1-2H3. The SMILES string of the molecule is CC(O)C(C)(CN)Cc1ccc(Cl)cc1. The molecule has 2 atom stereocenters. The van der Waals surface area contributed by atoms with E-state index in [1.54, 1.807) is 6.92 Å². The Morgan fingerprint density at radius 3 is 2.33 bits per heavy atom. The zero-order valence-corrected chi connectivity index (χ0v) is 9.96. The predicted molar refractivity (Wildman–Crippen MR) is 64.0 cm³/mol. The van der Waals surface area contributed by atoms with Crippen LogP contribution in [-0.4, -0.2) is 17.8 Å². The Morgan fingerprint density at radius 1 is 1.40 bits per heavy atom. The highest BCUT2D eigenvalue weighted by molar-refractivity contribution is 6.30. The lowest BCUT2D eigenvalue weighted by atomic mass is 9.79. The lowest BCUT2D eigenvalue weighted by molar-refractivity contribution is 0.0589. The van der Waals surface area contributed by atoms with Crippen LogP contribution in [0, 0.1) is 5.41 Å². The van der Waals surface area contributed by atoms with Gasteiger partial charge in [0.25, 0.3) is 0 Å². The minimum Gasteiger partial charge on any atom is -0.393 e. The van der Waals surface area contributed by atoms with Crippen LogP contribution in [-0.2, 0) is 6.42 Å². The van der Waals surface area contributed by atoms with Crippen molar-refractivity contribution in [3.05, 3.63) is 34.9 Å². The van der Waals surface area contributed by atoms with Crippen LogP contribution in [0.3, 0.4) is 0 Å². The average molecular weight is 228 g/mol. The Balaban J connectivity index is 2.79. The molecule has 2 unspecified atom stereocenters. The highest BCUT2D eigenvalue weighted by Gasteiger charge is 2.28. The molecule has 0 saturated heterocycles. The van der Waals surface area contributed by atoms with Gasteiger partial charge in [-0.3, -0.25) is 0 Å². The number of hydrogen-bond acceptors (Lipinski definition) is 2. The van der Waals surface area contributed by atoms with Crippen molar-refractivity contribution < 1.29 is 5.11 Å². The molecule has 0 bridgehead atoms. The van der Waals surface area contributed by atoms with Crippen molar-refractivity contribution in [2.24, 2.45) is 11.1 Å². The summed E-state index contributed by atoms with van der Waals surface area (Å²) in [5, 5.41) is 10.4. The highest BCUT2D eigenvalue weighted by atomic mass is 35.5. The Morgan fingerprint density at radius 2 is 1.93 bits per heavy atom. The molecule has 0 amide bonds. The first kappa shape index (κ1) is 12.5. The van der Waals surface area contributed by atoms with Crippen molar-refractivity contribution in [3.63, 3.8) is 0 Å². The van der Waals surface area contributed by atoms with Crippen molar-refractivity contribution in [1.82, 2.24) is 0 Å². The fourth-order valence-electron chi connectivity index (χ4n) is 1.46. The minimum absolute atomic E-state index is 0.270. The topological polar surface area (TPSA) is 46.2 Å². The molecule has 84 valence electrons. The molecule has 1 aromatic carbocycles. The van der Waals surface area contributed by atoms with Gasteiger partial charge < -0.3 is 10.8 Å². The van der Waals surface area contributed by atoms with Crippen molar-refractivity contribution >= 4 is 11.6 Å². The van der Waals surface area contributed by atoms with Gasteiger partial charge in [-0.25, -0.2) is 0 Å². The van der Waals surface area contributed by atoms with E-state index in [4.69, 9.17) is 17.3 Å². The van der Waals surface area contributed by atoms with Crippen molar-refractivity contribution in [1.29, 1.82) is 0 Å². The largest absolute Gasteiger partial charge is 0.393 e. The lowest BCUT2D eigenvalue weighted by Gasteiger charge is -2.31. The van der Waals surface area contributed by atoms with Gasteiger partial charge >= 0.3 is 0 Å². The summed E-state index contributed by atoms with van der Waals surface area (Å²) < 4.78 is 0. The van der Waals surface area contributed by atoms with Crippen LogP contribution in [0.5, 0.6) is 0 Å². The van der Waals surface area contributed by atoms with Crippen LogP contribution < -0.4 is 5.73 Å². The first-order chi connectivity index (χ1) is 6.98. The second-order valence-corrected chi connectivity index (χ2v) is 4.77. The van der Waals surface area contributed by atoms with Crippen LogP contribution in [0.2, 0.25) is 5.02 Å². The fourth-order valence-corrected chi connectivity index (χ4v) is 1.58. The van der Waals surface area contributed by atoms with Gasteiger partial charge in [-0.1, -0.05) is 30.7 Å². The number of benzene rings is 1. The van der Waals surface area contributed by atoms with Crippen LogP contribution in [0.1, 0.15) is 19.4 Å². The third-order valence-electron chi connectivity index (χ3n) is 3.00. The average Bonchev–Trinajstić information content (AvgIpc) is 2.21. The maximum Gasteiger partial charge on any atom is 0.0580 e. The molecule has 3 heteroatoms. The molecule has 1 rings (SSSR count). The molecule has 0 fully saturated rings. The van der Waals surface area contributed by atoms with Crippen molar-refractivity contribution in [2.75, 3.05) is 6.54 Å². The van der Waals surface area contributed by atoms with Crippen molar-refractivity contribution in [2.45, 2.75) is 26.4 Å². The second-order valence-electron chi connectivity index (χ2n) is 4.34. The molecule has 0 saturated carbocycles. The normalized spacial score (nSPS) is 17.1. The van der Waals surface area contributed by atoms with Crippen LogP contribution in [0.15, 0.2) is 24.3 Å². The maximum atomic E-state index is 9.68. The van der Waals surface area contributed by atoms with E-state index >= 15 is 0 Å². The third-order valence-corrected chi connectivity index (χ3v) is 3.25. The summed E-state index contributed by atoms with van der Waals surface area (Å²) in [7, 11) is 0. The second kappa shape index (κ2) is 4.97. The van der Waals surface area contributed by atoms with E-state index in [0.29, 0.717) is 6.54 Å². The Hall–Kier alpha value is -0.570. The smallest absolute Gasteiger partial charge is 0.0580 e. The van der Waals surface area contributed by atoms with E-state index in [0.717, 1.165) is 17.0 Å². The molecule has 0 spiro atoms. The first-order valence-corrected chi connectivity index (χ1v) is 5.48. The zero-order valence-electron chi connectivity index (χ0n) is 9.20. The van der Waals surface area contributed by atoms with Crippen LogP contribution in [0.4, 0.5) is 0 Å². The van der Waals surface area contributed by atoms with Crippen molar-refractivity contribution in [3.8, 4) is 0 Å². The van der Waals surface area contributed by atoms with E-state index in [-0.39, 0.29) is 5.41 Å². The quantitative estimate of drug-likeness (QED) is 0.829. The molecule has 0 heterocycles. The number of aliphatic hydroxyl groups excluding tert-OH is 1. The van der Waals surface area contributed by atoms with Gasteiger partial charge in [0, 0.05) is 17.0 Å². The van der Waals surface area contributed by atoms with E-state index < -0.39 is 6.10 Å². The molecule has 3 N–H and O–H groups in total. The lowest BCUT2D eigenvalue weighted by Crippen LogP contribution is -2.39. The van der Waals surface area contributed by atoms with E-state index in [9.17, 15) is 5.11 Å². The summed E-state index contributed by atoms with van der Waals surface area (Å²) in [6.45, 7) is 4.24. The molecule has 0 aliphatic rings. The highest BCUT2D eigenvalue weighted by Crippen LogP contribution is 2.26. The molecule has 1 aromatic rings. The van der Waals surface area contributed by atoms with Gasteiger partial charge in [0.05, 0.1) is 6.10 Å². The Bertz CT molecular complexity index is 310. The fraction of sp³-hybridized carbons (Fsp3) is 0.500. The number of hydrogen-bond donors (Lipinski definition) is 2. The van der Waals surface area contributed by atoms with Gasteiger partial charge in [-0.05, 0) is 31.0 Å². The zero-order chi connectivity index (χ0) is 11.5. The minimum atomic E-state index is -0.418. The third kappa shape index (κ3) is 3.20. The maximum absolute atomic E-state index is 9.68. The van der Waals surface area contributed by atoms with E-state index in [1.807, 2.05) is 31.2 Å². The summed E-state index contributed by atoms with van der Waals surface area (Å²) in [6, 6.07) is 7.66. The first-order valence-electron chi connectivity index (χ1n) is 5.10. The Kier molecular flexibility index (Phi) is 4.14. The number of aliphatic hydroxyl groups is 1. The number of halogens is 1. The number of nitrogens with two attached hydrogens (primary N) is 1. The molecule has 0 aliphatic heterocycles. The molecule has 0 aliphatic carbocycles. The van der Waals surface area contributed by atoms with Crippen LogP contribution in [0.25, 0.3) is 0 Å². The van der Waals surface area contributed by atoms with E-state index in [1.165, 1.54) is 0 Å². The van der Waals surface area contributed by atoms with Crippen LogP contribution >= 0.6 is 11.6 Å². The van der Waals surface area contributed by atoms with Gasteiger partial charge in [-0.15, -0.1) is 0 Å². The summed E-state index contributed by atoms with van der Waals surface area (Å²) in [5.74, 6) is 0. The summed E-state index contributed by atoms with van der Waals surface area (Å²) in [4.78, 5) is 0. The molecule has 15 heavy (non-hydrogen) atoms. The van der Waals surface area contributed by atoms with Gasteiger partial charge in [-0.2, -0.15) is 0 Å². The van der Waals surface area contributed by atoms with Gasteiger partial charge in [0.15, 0.2) is 0 Å².